The maximum absolute atomic E-state index is 14.4. The normalized spacial score (nSPS) is 18.2. The van der Waals surface area contributed by atoms with Gasteiger partial charge in [-0.1, -0.05) is 29.5 Å². The predicted octanol–water partition coefficient (Wildman–Crippen LogP) is 6.39. The molecule has 10 nitrogen and oxygen atoms in total. The van der Waals surface area contributed by atoms with Crippen molar-refractivity contribution in [2.75, 3.05) is 20.3 Å². The number of hydrogen-bond acceptors (Lipinski definition) is 9. The zero-order chi connectivity index (χ0) is 31.8. The summed E-state index contributed by atoms with van der Waals surface area (Å²) in [5.41, 5.74) is 0.921. The summed E-state index contributed by atoms with van der Waals surface area (Å²) in [4.78, 5) is 12.9. The highest BCUT2D eigenvalue weighted by Gasteiger charge is 2.38. The molecule has 236 valence electrons. The van der Waals surface area contributed by atoms with E-state index in [0.717, 1.165) is 6.07 Å². The van der Waals surface area contributed by atoms with E-state index in [9.17, 15) is 27.1 Å². The van der Waals surface area contributed by atoms with Crippen molar-refractivity contribution >= 4 is 27.8 Å². The lowest BCUT2D eigenvalue weighted by molar-refractivity contribution is -0.143. The maximum Gasteiger partial charge on any atom is 0.416 e. The second-order valence-electron chi connectivity index (χ2n) is 10.5. The second kappa shape index (κ2) is 12.3. The molecule has 0 saturated heterocycles. The Hall–Kier alpha value is -3.85. The number of methoxy groups -OCH3 is 1. The lowest BCUT2D eigenvalue weighted by Gasteiger charge is -2.42. The third-order valence-corrected chi connectivity index (χ3v) is 9.39. The van der Waals surface area contributed by atoms with Gasteiger partial charge in [0.2, 0.25) is 0 Å². The monoisotopic (exact) mass is 634 g/mol. The van der Waals surface area contributed by atoms with Crippen molar-refractivity contribution in [3.8, 4) is 11.5 Å². The van der Waals surface area contributed by atoms with Crippen LogP contribution in [0.4, 0.5) is 13.2 Å². The number of hydrogen-bond donors (Lipinski definition) is 2. The Morgan fingerprint density at radius 2 is 1.91 bits per heavy atom. The van der Waals surface area contributed by atoms with Gasteiger partial charge >= 0.3 is 12.1 Å². The van der Waals surface area contributed by atoms with Gasteiger partial charge in [0.15, 0.2) is 0 Å². The molecule has 14 heteroatoms. The summed E-state index contributed by atoms with van der Waals surface area (Å²) < 4.78 is 85.2. The molecule has 2 N–H and O–H groups in total. The molecule has 2 atom stereocenters. The van der Waals surface area contributed by atoms with Crippen LogP contribution < -0.4 is 9.47 Å². The van der Waals surface area contributed by atoms with Crippen LogP contribution in [-0.2, 0) is 29.3 Å². The number of alkyl halides is 3. The first kappa shape index (κ1) is 31.6. The quantitative estimate of drug-likeness (QED) is 0.213. The number of fused-ring (bicyclic) bond motifs is 2. The lowest BCUT2D eigenvalue weighted by atomic mass is 9.86. The number of aryl methyl sites for hydroxylation is 1. The van der Waals surface area contributed by atoms with E-state index in [1.807, 2.05) is 0 Å². The van der Waals surface area contributed by atoms with Crippen LogP contribution in [0, 0.1) is 0 Å². The number of ether oxygens (including phenoxy) is 3. The Labute approximate surface area is 253 Å². The maximum atomic E-state index is 14.4. The van der Waals surface area contributed by atoms with E-state index in [0.29, 0.717) is 27.9 Å². The molecule has 1 unspecified atom stereocenters. The van der Waals surface area contributed by atoms with Gasteiger partial charge in [-0.15, -0.1) is 15.9 Å². The van der Waals surface area contributed by atoms with Crippen molar-refractivity contribution < 1.29 is 41.3 Å². The molecule has 0 saturated carbocycles. The number of halogens is 3. The summed E-state index contributed by atoms with van der Waals surface area (Å²) in [5, 5.41) is 8.21. The van der Waals surface area contributed by atoms with Crippen LogP contribution in [0.2, 0.25) is 0 Å². The molecule has 1 aromatic heterocycles. The summed E-state index contributed by atoms with van der Waals surface area (Å²) in [6.45, 7) is 3.00. The van der Waals surface area contributed by atoms with Crippen molar-refractivity contribution in [2.24, 2.45) is 7.05 Å². The van der Waals surface area contributed by atoms with E-state index in [1.165, 1.54) is 34.3 Å². The first-order chi connectivity index (χ1) is 20.8. The molecule has 2 heterocycles. The van der Waals surface area contributed by atoms with Crippen LogP contribution >= 0.6 is 10.8 Å². The highest BCUT2D eigenvalue weighted by Crippen LogP contribution is 2.57. The largest absolute Gasteiger partial charge is 0.494 e. The summed E-state index contributed by atoms with van der Waals surface area (Å²) >= 11 is 0. The highest BCUT2D eigenvalue weighted by atomic mass is 32.3. The fourth-order valence-electron chi connectivity index (χ4n) is 5.49. The molecule has 0 radical (unpaired) electrons. The van der Waals surface area contributed by atoms with E-state index in [2.05, 4.69) is 10.3 Å². The third kappa shape index (κ3) is 6.20. The first-order valence-electron chi connectivity index (χ1n) is 13.9. The molecular formula is C30H33F3N4O6S. The van der Waals surface area contributed by atoms with Crippen molar-refractivity contribution in [2.45, 2.75) is 49.9 Å². The van der Waals surface area contributed by atoms with Gasteiger partial charge in [0.1, 0.15) is 33.5 Å². The van der Waals surface area contributed by atoms with Gasteiger partial charge in [0.05, 0.1) is 32.2 Å². The Balaban J connectivity index is 1.63. The molecule has 1 aliphatic heterocycles. The van der Waals surface area contributed by atoms with Gasteiger partial charge in [0, 0.05) is 19.5 Å². The molecule has 0 spiro atoms. The Kier molecular flexibility index (Phi) is 8.80. The molecule has 3 aromatic carbocycles. The van der Waals surface area contributed by atoms with Crippen LogP contribution in [0.15, 0.2) is 59.5 Å². The topological polar surface area (TPSA) is 119 Å². The van der Waals surface area contributed by atoms with Gasteiger partial charge < -0.3 is 14.2 Å². The zero-order valence-electron chi connectivity index (χ0n) is 24.5. The molecule has 44 heavy (non-hydrogen) atoms. The van der Waals surface area contributed by atoms with Crippen LogP contribution in [0.1, 0.15) is 48.4 Å². The molecular weight excluding hydrogens is 601 g/mol. The molecule has 0 aliphatic carbocycles. The van der Waals surface area contributed by atoms with Crippen LogP contribution in [0.25, 0.3) is 11.0 Å². The van der Waals surface area contributed by atoms with Crippen LogP contribution in [0.3, 0.4) is 0 Å². The first-order valence-corrected chi connectivity index (χ1v) is 15.4. The fraction of sp³-hybridized carbons (Fsp3) is 0.367. The summed E-state index contributed by atoms with van der Waals surface area (Å²) in [7, 11) is -0.544. The van der Waals surface area contributed by atoms with E-state index in [-0.39, 0.29) is 35.8 Å². The van der Waals surface area contributed by atoms with Gasteiger partial charge in [-0.2, -0.15) is 17.5 Å². The SMILES string of the molecule is CCOC(=O)CC(c1ccc(C(F)(F)F)c(CN2C[C@@H](C)Oc3ccccc3S2(O)O)c1)c1cc(OC)c2c(c1)nnn2C. The Morgan fingerprint density at radius 3 is 2.61 bits per heavy atom. The minimum absolute atomic E-state index is 0.0503. The van der Waals surface area contributed by atoms with Crippen LogP contribution in [-0.4, -0.2) is 60.7 Å². The number of carbonyl (C=O) groups excluding carboxylic acids is 1. The van der Waals surface area contributed by atoms with Gasteiger partial charge in [-0.05, 0) is 60.9 Å². The number of para-hydroxylation sites is 1. The number of carbonyl (C=O) groups is 1. The molecule has 1 aliphatic rings. The fourth-order valence-corrected chi connectivity index (χ4v) is 7.15. The highest BCUT2D eigenvalue weighted by molar-refractivity contribution is 8.22. The van der Waals surface area contributed by atoms with Gasteiger partial charge in [-0.25, -0.2) is 4.68 Å². The van der Waals surface area contributed by atoms with Gasteiger partial charge in [0.25, 0.3) is 0 Å². The van der Waals surface area contributed by atoms with E-state index in [1.54, 1.807) is 51.2 Å². The van der Waals surface area contributed by atoms with Crippen molar-refractivity contribution in [3.05, 3.63) is 76.9 Å². The smallest absolute Gasteiger partial charge is 0.416 e. The minimum Gasteiger partial charge on any atom is -0.494 e. The predicted molar refractivity (Wildman–Crippen MR) is 158 cm³/mol. The average Bonchev–Trinajstić information content (AvgIpc) is 3.31. The second-order valence-corrected chi connectivity index (χ2v) is 12.5. The number of rotatable bonds is 8. The number of aromatic nitrogens is 3. The standard InChI is InChI=1S/C30H33F3N4O6S/c1-5-42-28(38)15-22(20-13-24-29(26(14-20)41-4)36(3)35-34-24)19-10-11-23(30(31,32)33)21(12-19)17-37-16-18(2)43-25-8-6-7-9-27(25)44(37,39)40/h6-14,18,22,39-40H,5,15-17H2,1-4H3/t18-,22?/m1/s1. The van der Waals surface area contributed by atoms with Crippen LogP contribution in [0.5, 0.6) is 11.5 Å². The Bertz CT molecular complexity index is 1680. The summed E-state index contributed by atoms with van der Waals surface area (Å²) in [6.07, 6.45) is -5.46. The number of benzene rings is 3. The van der Waals surface area contributed by atoms with Crippen molar-refractivity contribution in [1.82, 2.24) is 19.3 Å². The molecule has 4 aromatic rings. The summed E-state index contributed by atoms with van der Waals surface area (Å²) in [6, 6.07) is 13.4. The Morgan fingerprint density at radius 1 is 1.16 bits per heavy atom. The molecule has 0 bridgehead atoms. The van der Waals surface area contributed by atoms with E-state index >= 15 is 0 Å². The minimum atomic E-state index is -4.74. The lowest BCUT2D eigenvalue weighted by Crippen LogP contribution is -2.34. The van der Waals surface area contributed by atoms with Gasteiger partial charge in [-0.3, -0.25) is 13.9 Å². The zero-order valence-corrected chi connectivity index (χ0v) is 25.4. The average molecular weight is 635 g/mol. The van der Waals surface area contributed by atoms with E-state index in [4.69, 9.17) is 14.2 Å². The third-order valence-electron chi connectivity index (χ3n) is 7.46. The molecule has 0 amide bonds. The number of esters is 1. The number of nitrogens with zero attached hydrogens (tertiary/aromatic N) is 4. The molecule has 5 rings (SSSR count). The van der Waals surface area contributed by atoms with E-state index < -0.39 is 47.1 Å². The molecule has 0 fully saturated rings. The summed E-state index contributed by atoms with van der Waals surface area (Å²) in [5.74, 6) is -0.600. The van der Waals surface area contributed by atoms with Crippen molar-refractivity contribution in [1.29, 1.82) is 0 Å². The van der Waals surface area contributed by atoms with Crippen molar-refractivity contribution in [3.63, 3.8) is 0 Å².